The van der Waals surface area contributed by atoms with E-state index < -0.39 is 24.0 Å². The van der Waals surface area contributed by atoms with Gasteiger partial charge >= 0.3 is 11.9 Å². The van der Waals surface area contributed by atoms with E-state index in [9.17, 15) is 9.59 Å². The summed E-state index contributed by atoms with van der Waals surface area (Å²) in [5.74, 6) is -0.468. The summed E-state index contributed by atoms with van der Waals surface area (Å²) in [6.45, 7) is 0.440. The summed E-state index contributed by atoms with van der Waals surface area (Å²) in [6, 6.07) is 23.9. The smallest absolute Gasteiger partial charge is 0.328 e. The number of carbonyl (C=O) groups is 2. The van der Waals surface area contributed by atoms with Crippen LogP contribution < -0.4 is 16.0 Å². The quantitative estimate of drug-likeness (QED) is 0.113. The van der Waals surface area contributed by atoms with E-state index in [1.54, 1.807) is 0 Å². The number of methoxy groups -OCH3 is 2. The van der Waals surface area contributed by atoms with E-state index in [1.165, 1.54) is 14.2 Å². The van der Waals surface area contributed by atoms with Crippen molar-refractivity contribution in [3.63, 3.8) is 0 Å². The number of para-hydroxylation sites is 2. The zero-order valence-electron chi connectivity index (χ0n) is 25.4. The molecule has 0 aliphatic heterocycles. The zero-order chi connectivity index (χ0) is 31.9. The minimum absolute atomic E-state index is 0.124. The SMILES string of the molecule is COC(=O)[C@H](Cc1c[nH]c2ccccc12)Nc1nc(NCc2ccccc2)nc(N[C@@H](Cc2c[nH]c3ccccc23)C(=O)OC)n1. The number of hydrogen-bond donors (Lipinski definition) is 5. The Hall–Kier alpha value is -5.91. The van der Waals surface area contributed by atoms with Crippen LogP contribution in [0.5, 0.6) is 0 Å². The average Bonchev–Trinajstić information content (AvgIpc) is 3.70. The molecular weight excluding hydrogens is 584 g/mol. The highest BCUT2D eigenvalue weighted by molar-refractivity contribution is 5.86. The normalized spacial score (nSPS) is 12.4. The number of anilines is 3. The van der Waals surface area contributed by atoms with E-state index in [4.69, 9.17) is 9.47 Å². The zero-order valence-corrected chi connectivity index (χ0v) is 25.4. The summed E-state index contributed by atoms with van der Waals surface area (Å²) in [5.41, 5.74) is 4.80. The van der Waals surface area contributed by atoms with E-state index in [-0.39, 0.29) is 17.8 Å². The van der Waals surface area contributed by atoms with Crippen LogP contribution in [0.2, 0.25) is 0 Å². The van der Waals surface area contributed by atoms with Gasteiger partial charge in [-0.2, -0.15) is 15.0 Å². The molecule has 3 aromatic heterocycles. The first-order valence-corrected chi connectivity index (χ1v) is 14.8. The maximum Gasteiger partial charge on any atom is 0.328 e. The van der Waals surface area contributed by atoms with Crippen molar-refractivity contribution < 1.29 is 19.1 Å². The Morgan fingerprint density at radius 3 is 1.61 bits per heavy atom. The predicted octanol–water partition coefficient (Wildman–Crippen LogP) is 4.84. The summed E-state index contributed by atoms with van der Waals surface area (Å²) in [7, 11) is 2.68. The van der Waals surface area contributed by atoms with Crippen LogP contribution in [0, 0.1) is 0 Å². The van der Waals surface area contributed by atoms with Gasteiger partial charge in [0.15, 0.2) is 0 Å². The lowest BCUT2D eigenvalue weighted by molar-refractivity contribution is -0.142. The lowest BCUT2D eigenvalue weighted by Crippen LogP contribution is -2.35. The van der Waals surface area contributed by atoms with Gasteiger partial charge in [0.05, 0.1) is 14.2 Å². The minimum Gasteiger partial charge on any atom is -0.467 e. The number of benzene rings is 3. The van der Waals surface area contributed by atoms with Gasteiger partial charge in [0.25, 0.3) is 0 Å². The predicted molar refractivity (Wildman–Crippen MR) is 176 cm³/mol. The first-order valence-electron chi connectivity index (χ1n) is 14.8. The Morgan fingerprint density at radius 1 is 0.652 bits per heavy atom. The highest BCUT2D eigenvalue weighted by Crippen LogP contribution is 2.23. The molecule has 12 heteroatoms. The number of hydrogen-bond acceptors (Lipinski definition) is 10. The Morgan fingerprint density at radius 2 is 1.11 bits per heavy atom. The number of esters is 2. The number of nitrogens with one attached hydrogen (secondary N) is 5. The lowest BCUT2D eigenvalue weighted by Gasteiger charge is -2.19. The molecule has 12 nitrogen and oxygen atoms in total. The Balaban J connectivity index is 1.30. The second kappa shape index (κ2) is 13.8. The first-order chi connectivity index (χ1) is 22.5. The minimum atomic E-state index is -0.816. The molecule has 2 atom stereocenters. The molecule has 3 heterocycles. The molecule has 0 unspecified atom stereocenters. The second-order valence-electron chi connectivity index (χ2n) is 10.7. The molecule has 0 radical (unpaired) electrons. The topological polar surface area (TPSA) is 159 Å². The van der Waals surface area contributed by atoms with Crippen LogP contribution in [0.25, 0.3) is 21.8 Å². The second-order valence-corrected chi connectivity index (χ2v) is 10.7. The van der Waals surface area contributed by atoms with E-state index in [0.717, 1.165) is 38.5 Å². The molecule has 0 fully saturated rings. The van der Waals surface area contributed by atoms with E-state index >= 15 is 0 Å². The maximum atomic E-state index is 13.0. The van der Waals surface area contributed by atoms with Gasteiger partial charge in [-0.15, -0.1) is 0 Å². The number of rotatable bonds is 13. The van der Waals surface area contributed by atoms with Crippen LogP contribution in [-0.4, -0.2) is 63.2 Å². The van der Waals surface area contributed by atoms with Crippen molar-refractivity contribution in [3.05, 3.63) is 108 Å². The van der Waals surface area contributed by atoms with Crippen molar-refractivity contribution in [2.75, 3.05) is 30.2 Å². The van der Waals surface area contributed by atoms with E-state index in [2.05, 4.69) is 40.9 Å². The molecule has 0 aliphatic rings. The maximum absolute atomic E-state index is 13.0. The van der Waals surface area contributed by atoms with Crippen LogP contribution in [0.4, 0.5) is 17.8 Å². The molecular formula is C34H34N8O4. The molecule has 0 bridgehead atoms. The van der Waals surface area contributed by atoms with Gasteiger partial charge in [0.2, 0.25) is 17.8 Å². The van der Waals surface area contributed by atoms with Gasteiger partial charge in [-0.1, -0.05) is 66.7 Å². The largest absolute Gasteiger partial charge is 0.467 e. The standard InChI is InChI=1S/C34H34N8O4/c1-45-30(43)28(16-22-19-35-26-14-8-6-12-24(22)26)38-33-40-32(37-18-21-10-4-3-5-11-21)41-34(42-33)39-29(31(44)46-2)17-23-20-36-27-15-9-7-13-25(23)27/h3-15,19-20,28-29,35-36H,16-18H2,1-2H3,(H3,37,38,39,40,41,42)/t28-,29-/m0/s1. The fourth-order valence-electron chi connectivity index (χ4n) is 5.38. The molecule has 3 aromatic carbocycles. The fourth-order valence-corrected chi connectivity index (χ4v) is 5.38. The van der Waals surface area contributed by atoms with Crippen LogP contribution in [0.1, 0.15) is 16.7 Å². The van der Waals surface area contributed by atoms with Gasteiger partial charge < -0.3 is 35.4 Å². The molecule has 6 rings (SSSR count). The van der Waals surface area contributed by atoms with Gasteiger partial charge in [-0.25, -0.2) is 9.59 Å². The van der Waals surface area contributed by atoms with Crippen LogP contribution in [0.3, 0.4) is 0 Å². The summed E-state index contributed by atoms with van der Waals surface area (Å²) >= 11 is 0. The van der Waals surface area contributed by atoms with Crippen molar-refractivity contribution in [3.8, 4) is 0 Å². The third-order valence-electron chi connectivity index (χ3n) is 7.70. The summed E-state index contributed by atoms with van der Waals surface area (Å²) < 4.78 is 10.3. The molecule has 0 saturated heterocycles. The monoisotopic (exact) mass is 618 g/mol. The van der Waals surface area contributed by atoms with Crippen LogP contribution in [0.15, 0.2) is 91.3 Å². The molecule has 234 valence electrons. The van der Waals surface area contributed by atoms with Gasteiger partial charge in [-0.05, 0) is 28.8 Å². The van der Waals surface area contributed by atoms with Crippen molar-refractivity contribution in [1.29, 1.82) is 0 Å². The van der Waals surface area contributed by atoms with Crippen molar-refractivity contribution in [2.24, 2.45) is 0 Å². The number of H-pyrrole nitrogens is 2. The lowest BCUT2D eigenvalue weighted by atomic mass is 10.1. The molecule has 0 amide bonds. The number of ether oxygens (including phenoxy) is 2. The van der Waals surface area contributed by atoms with Gasteiger partial charge in [0.1, 0.15) is 12.1 Å². The molecule has 0 saturated carbocycles. The molecule has 0 aliphatic carbocycles. The number of aromatic amines is 2. The highest BCUT2D eigenvalue weighted by Gasteiger charge is 2.26. The number of fused-ring (bicyclic) bond motifs is 2. The Kier molecular flexibility index (Phi) is 9.04. The third kappa shape index (κ3) is 6.91. The van der Waals surface area contributed by atoms with Gasteiger partial charge in [0, 0.05) is 53.6 Å². The van der Waals surface area contributed by atoms with Crippen molar-refractivity contribution in [1.82, 2.24) is 24.9 Å². The molecule has 0 spiro atoms. The Labute approximate surface area is 265 Å². The van der Waals surface area contributed by atoms with Crippen LogP contribution in [-0.2, 0) is 38.4 Å². The summed E-state index contributed by atoms with van der Waals surface area (Å²) in [5, 5.41) is 11.5. The highest BCUT2D eigenvalue weighted by atomic mass is 16.5. The fraction of sp³-hybridized carbons (Fsp3) is 0.206. The molecule has 6 aromatic rings. The first kappa shape index (κ1) is 30.1. The summed E-state index contributed by atoms with van der Waals surface area (Å²) in [4.78, 5) is 46.2. The van der Waals surface area contributed by atoms with Crippen molar-refractivity contribution >= 4 is 51.6 Å². The molecule has 5 N–H and O–H groups in total. The number of aromatic nitrogens is 5. The summed E-state index contributed by atoms with van der Waals surface area (Å²) in [6.07, 6.45) is 4.37. The van der Waals surface area contributed by atoms with Crippen LogP contribution >= 0.6 is 0 Å². The number of nitrogens with zero attached hydrogens (tertiary/aromatic N) is 3. The molecule has 46 heavy (non-hydrogen) atoms. The van der Waals surface area contributed by atoms with Gasteiger partial charge in [-0.3, -0.25) is 0 Å². The van der Waals surface area contributed by atoms with E-state index in [1.807, 2.05) is 91.3 Å². The number of carbonyl (C=O) groups excluding carboxylic acids is 2. The Bertz CT molecular complexity index is 1840. The third-order valence-corrected chi connectivity index (χ3v) is 7.70. The average molecular weight is 619 g/mol. The van der Waals surface area contributed by atoms with E-state index in [0.29, 0.717) is 19.4 Å². The van der Waals surface area contributed by atoms with Crippen molar-refractivity contribution in [2.45, 2.75) is 31.5 Å².